The van der Waals surface area contributed by atoms with E-state index in [4.69, 9.17) is 14.2 Å². The van der Waals surface area contributed by atoms with Gasteiger partial charge in [0, 0.05) is 19.3 Å². The first kappa shape index (κ1) is 77.0. The summed E-state index contributed by atoms with van der Waals surface area (Å²) in [5, 5.41) is 0. The molecule has 0 aromatic rings. The SMILES string of the molecule is CC/C=C\C/C=C\C/C=C\C/C=C\C/C=C\C/C=C\C/C=C\CCCCCCCCCCCCCC(=O)OCC(COC(=O)CC/C=C\C/C=C\C/C=C\C/C=C\CC)OC(=O)CC/C=C\C/C=C\C/C=C\C/C=C\C/C=C\C/C=C\CC. The molecule has 0 aromatic heterocycles. The minimum absolute atomic E-state index is 0.142. The lowest BCUT2D eigenvalue weighted by Gasteiger charge is -2.18. The molecule has 0 saturated heterocycles. The van der Waals surface area contributed by atoms with Crippen molar-refractivity contribution in [1.82, 2.24) is 0 Å². The molecule has 0 aliphatic heterocycles. The third-order valence-electron chi connectivity index (χ3n) is 12.8. The van der Waals surface area contributed by atoms with Gasteiger partial charge in [0.1, 0.15) is 13.2 Å². The van der Waals surface area contributed by atoms with Gasteiger partial charge in [-0.3, -0.25) is 14.4 Å². The number of allylic oxidation sites excluding steroid dienone is 34. The lowest BCUT2D eigenvalue weighted by Crippen LogP contribution is -2.30. The molecule has 460 valence electrons. The minimum Gasteiger partial charge on any atom is -0.462 e. The van der Waals surface area contributed by atoms with Gasteiger partial charge in [0.25, 0.3) is 0 Å². The van der Waals surface area contributed by atoms with Crippen molar-refractivity contribution in [2.24, 2.45) is 0 Å². The second-order valence-electron chi connectivity index (χ2n) is 20.5. The third-order valence-corrected chi connectivity index (χ3v) is 12.8. The predicted molar refractivity (Wildman–Crippen MR) is 361 cm³/mol. The van der Waals surface area contributed by atoms with Gasteiger partial charge in [0.2, 0.25) is 0 Å². The Morgan fingerprint density at radius 3 is 0.747 bits per heavy atom. The zero-order valence-electron chi connectivity index (χ0n) is 52.6. The van der Waals surface area contributed by atoms with Gasteiger partial charge in [-0.1, -0.05) is 285 Å². The monoisotopic (exact) mass is 1140 g/mol. The van der Waals surface area contributed by atoms with Crippen LogP contribution in [0.3, 0.4) is 0 Å². The van der Waals surface area contributed by atoms with Gasteiger partial charge in [-0.25, -0.2) is 0 Å². The number of unbranched alkanes of at least 4 members (excludes halogenated alkanes) is 11. The molecule has 6 nitrogen and oxygen atoms in total. The second-order valence-corrected chi connectivity index (χ2v) is 20.5. The molecule has 0 bridgehead atoms. The first-order chi connectivity index (χ1) is 41.0. The van der Waals surface area contributed by atoms with Crippen molar-refractivity contribution in [3.63, 3.8) is 0 Å². The molecule has 0 saturated carbocycles. The summed E-state index contributed by atoms with van der Waals surface area (Å²) in [5.41, 5.74) is 0. The largest absolute Gasteiger partial charge is 0.462 e. The molecule has 1 atom stereocenters. The highest BCUT2D eigenvalue weighted by Crippen LogP contribution is 2.14. The van der Waals surface area contributed by atoms with Crippen LogP contribution in [0.15, 0.2) is 207 Å². The lowest BCUT2D eigenvalue weighted by atomic mass is 10.0. The number of rotatable bonds is 56. The van der Waals surface area contributed by atoms with E-state index in [0.29, 0.717) is 19.3 Å². The first-order valence-corrected chi connectivity index (χ1v) is 32.6. The Balaban J connectivity index is 4.41. The summed E-state index contributed by atoms with van der Waals surface area (Å²) in [7, 11) is 0. The van der Waals surface area contributed by atoms with Crippen molar-refractivity contribution in [2.75, 3.05) is 13.2 Å². The quantitative estimate of drug-likeness (QED) is 0.0261. The van der Waals surface area contributed by atoms with Gasteiger partial charge in [0.15, 0.2) is 6.10 Å². The van der Waals surface area contributed by atoms with E-state index in [-0.39, 0.29) is 38.0 Å². The number of hydrogen-bond acceptors (Lipinski definition) is 6. The fraction of sp³-hybridized carbons (Fsp3) is 0.519. The Morgan fingerprint density at radius 1 is 0.241 bits per heavy atom. The molecular formula is C77H116O6. The van der Waals surface area contributed by atoms with Gasteiger partial charge in [-0.2, -0.15) is 0 Å². The highest BCUT2D eigenvalue weighted by atomic mass is 16.6. The summed E-state index contributed by atoms with van der Waals surface area (Å²) in [6.07, 6.45) is 106. The zero-order chi connectivity index (χ0) is 59.9. The van der Waals surface area contributed by atoms with E-state index in [9.17, 15) is 14.4 Å². The van der Waals surface area contributed by atoms with Crippen LogP contribution >= 0.6 is 0 Å². The lowest BCUT2D eigenvalue weighted by molar-refractivity contribution is -0.166. The molecule has 0 N–H and O–H groups in total. The number of hydrogen-bond donors (Lipinski definition) is 0. The number of carbonyl (C=O) groups excluding carboxylic acids is 3. The maximum absolute atomic E-state index is 12.9. The maximum atomic E-state index is 12.9. The van der Waals surface area contributed by atoms with Gasteiger partial charge in [-0.15, -0.1) is 0 Å². The van der Waals surface area contributed by atoms with Gasteiger partial charge < -0.3 is 14.2 Å². The van der Waals surface area contributed by atoms with Crippen molar-refractivity contribution in [3.05, 3.63) is 207 Å². The van der Waals surface area contributed by atoms with Crippen molar-refractivity contribution in [3.8, 4) is 0 Å². The topological polar surface area (TPSA) is 78.9 Å². The van der Waals surface area contributed by atoms with E-state index < -0.39 is 12.1 Å². The molecule has 0 aliphatic rings. The van der Waals surface area contributed by atoms with E-state index in [0.717, 1.165) is 128 Å². The molecule has 0 aromatic carbocycles. The second kappa shape index (κ2) is 68.5. The molecular weight excluding hydrogens is 1020 g/mol. The molecule has 0 spiro atoms. The summed E-state index contributed by atoms with van der Waals surface area (Å²) in [6, 6.07) is 0. The van der Waals surface area contributed by atoms with Crippen LogP contribution in [0.1, 0.15) is 239 Å². The van der Waals surface area contributed by atoms with Crippen molar-refractivity contribution in [2.45, 2.75) is 245 Å². The van der Waals surface area contributed by atoms with Crippen molar-refractivity contribution in [1.29, 1.82) is 0 Å². The standard InChI is InChI=1S/C77H116O6/c1-4-7-10-13-16-19-22-25-27-29-31-32-33-34-35-36-37-38-39-40-41-42-43-44-46-47-49-52-55-58-61-64-67-70-76(79)82-73-74(72-81-75(78)69-66-63-60-57-54-51-24-21-18-15-12-9-6-3)83-77(80)71-68-65-62-59-56-53-50-48-45-30-28-26-23-20-17-14-11-8-5-2/h7-12,16-21,25-28,31-32,34-35,37-38,40-41,45,48,51,53-54,56,60,62-63,65,74H,4-6,13-15,22-24,29-30,33,36,39,42-44,46-47,49-50,52,55,57-59,61,64,66-73H2,1-3H3/b10-7-,11-8-,12-9-,19-16-,20-17-,21-18-,27-25-,28-26-,32-31-,35-34-,38-37-,41-40-,48-45-,54-51-,56-53-,63-60-,65-62-. The molecule has 0 radical (unpaired) electrons. The van der Waals surface area contributed by atoms with Crippen molar-refractivity contribution >= 4 is 17.9 Å². The smallest absolute Gasteiger partial charge is 0.306 e. The highest BCUT2D eigenvalue weighted by molar-refractivity contribution is 5.71. The van der Waals surface area contributed by atoms with Crippen LogP contribution in [0, 0.1) is 0 Å². The Bertz CT molecular complexity index is 2030. The maximum Gasteiger partial charge on any atom is 0.306 e. The molecule has 0 rings (SSSR count). The van der Waals surface area contributed by atoms with Crippen LogP contribution < -0.4 is 0 Å². The summed E-state index contributed by atoms with van der Waals surface area (Å²) in [5.74, 6) is -1.13. The number of carbonyl (C=O) groups is 3. The third kappa shape index (κ3) is 66.7. The van der Waals surface area contributed by atoms with Gasteiger partial charge >= 0.3 is 17.9 Å². The van der Waals surface area contributed by atoms with Gasteiger partial charge in [-0.05, 0) is 141 Å². The van der Waals surface area contributed by atoms with Crippen molar-refractivity contribution < 1.29 is 28.6 Å². The van der Waals surface area contributed by atoms with Crippen LogP contribution in [0.4, 0.5) is 0 Å². The average Bonchev–Trinajstić information content (AvgIpc) is 3.49. The Hall–Kier alpha value is -6.01. The van der Waals surface area contributed by atoms with Gasteiger partial charge in [0.05, 0.1) is 0 Å². The number of esters is 3. The summed E-state index contributed by atoms with van der Waals surface area (Å²) in [4.78, 5) is 38.2. The fourth-order valence-corrected chi connectivity index (χ4v) is 8.05. The van der Waals surface area contributed by atoms with E-state index in [1.807, 2.05) is 24.3 Å². The highest BCUT2D eigenvalue weighted by Gasteiger charge is 2.19. The van der Waals surface area contributed by atoms with Crippen LogP contribution in [0.5, 0.6) is 0 Å². The van der Waals surface area contributed by atoms with E-state index in [1.54, 1.807) is 0 Å². The summed E-state index contributed by atoms with van der Waals surface area (Å²) >= 11 is 0. The fourth-order valence-electron chi connectivity index (χ4n) is 8.05. The Kier molecular flexibility index (Phi) is 63.5. The van der Waals surface area contributed by atoms with E-state index >= 15 is 0 Å². The molecule has 6 heteroatoms. The molecule has 0 amide bonds. The predicted octanol–water partition coefficient (Wildman–Crippen LogP) is 22.8. The van der Waals surface area contributed by atoms with Crippen LogP contribution in [-0.4, -0.2) is 37.2 Å². The molecule has 0 heterocycles. The average molecular weight is 1140 g/mol. The summed E-state index contributed by atoms with van der Waals surface area (Å²) in [6.45, 7) is 6.15. The molecule has 1 unspecified atom stereocenters. The first-order valence-electron chi connectivity index (χ1n) is 32.6. The van der Waals surface area contributed by atoms with Crippen LogP contribution in [0.25, 0.3) is 0 Å². The summed E-state index contributed by atoms with van der Waals surface area (Å²) < 4.78 is 16.7. The van der Waals surface area contributed by atoms with E-state index in [1.165, 1.54) is 57.8 Å². The van der Waals surface area contributed by atoms with E-state index in [2.05, 4.69) is 203 Å². The van der Waals surface area contributed by atoms with Crippen LogP contribution in [-0.2, 0) is 28.6 Å². The Labute approximate surface area is 509 Å². The molecule has 83 heavy (non-hydrogen) atoms. The molecule has 0 fully saturated rings. The zero-order valence-corrected chi connectivity index (χ0v) is 52.6. The minimum atomic E-state index is -0.862. The molecule has 0 aliphatic carbocycles. The number of ether oxygens (including phenoxy) is 3. The van der Waals surface area contributed by atoms with Crippen LogP contribution in [0.2, 0.25) is 0 Å². The Morgan fingerprint density at radius 2 is 0.458 bits per heavy atom. The normalized spacial score (nSPS) is 13.5.